The zero-order valence-corrected chi connectivity index (χ0v) is 19.3. The summed E-state index contributed by atoms with van der Waals surface area (Å²) in [6, 6.07) is 0. The fourth-order valence-corrected chi connectivity index (χ4v) is 2.66. The Morgan fingerprint density at radius 1 is 1.35 bits per heavy atom. The molecule has 1 fully saturated rings. The third-order valence-electron chi connectivity index (χ3n) is 4.16. The Balaban J connectivity index is 0.00000625. The van der Waals surface area contributed by atoms with Crippen LogP contribution in [-0.2, 0) is 14.2 Å². The summed E-state index contributed by atoms with van der Waals surface area (Å²) in [5, 5.41) is 6.68. The lowest BCUT2D eigenvalue weighted by Crippen LogP contribution is -2.42. The average Bonchev–Trinajstić information content (AvgIpc) is 3.11. The lowest BCUT2D eigenvalue weighted by molar-refractivity contribution is 0.0548. The van der Waals surface area contributed by atoms with Crippen LogP contribution in [-0.4, -0.2) is 90.8 Å². The van der Waals surface area contributed by atoms with Crippen LogP contribution in [0.5, 0.6) is 0 Å². The van der Waals surface area contributed by atoms with E-state index in [1.807, 2.05) is 6.92 Å². The highest BCUT2D eigenvalue weighted by Crippen LogP contribution is 2.12. The van der Waals surface area contributed by atoms with Gasteiger partial charge in [0.15, 0.2) is 5.96 Å². The molecule has 26 heavy (non-hydrogen) atoms. The van der Waals surface area contributed by atoms with Gasteiger partial charge in [0.1, 0.15) is 0 Å². The fraction of sp³-hybridized carbons (Fsp3) is 0.944. The third-order valence-corrected chi connectivity index (χ3v) is 4.16. The molecule has 2 unspecified atom stereocenters. The van der Waals surface area contributed by atoms with Gasteiger partial charge < -0.3 is 29.7 Å². The predicted molar refractivity (Wildman–Crippen MR) is 118 cm³/mol. The first-order valence-electron chi connectivity index (χ1n) is 9.52. The highest BCUT2D eigenvalue weighted by atomic mass is 127. The van der Waals surface area contributed by atoms with E-state index in [4.69, 9.17) is 14.2 Å². The first-order chi connectivity index (χ1) is 12.2. The van der Waals surface area contributed by atoms with Crippen molar-refractivity contribution in [1.29, 1.82) is 0 Å². The highest BCUT2D eigenvalue weighted by molar-refractivity contribution is 14.0. The Bertz CT molecular complexity index is 353. The first-order valence-corrected chi connectivity index (χ1v) is 9.52. The third kappa shape index (κ3) is 13.1. The SMILES string of the molecule is CCOC(CCN(C)C)CNC(=NC)NCCCOCC1CCOC1.I. The van der Waals surface area contributed by atoms with Crippen LogP contribution in [0.1, 0.15) is 26.2 Å². The van der Waals surface area contributed by atoms with Gasteiger partial charge in [-0.25, -0.2) is 0 Å². The van der Waals surface area contributed by atoms with Crippen molar-refractivity contribution in [3.8, 4) is 0 Å². The number of hydrogen-bond donors (Lipinski definition) is 2. The molecule has 0 aromatic carbocycles. The van der Waals surface area contributed by atoms with Crippen LogP contribution in [0.4, 0.5) is 0 Å². The zero-order chi connectivity index (χ0) is 18.3. The summed E-state index contributed by atoms with van der Waals surface area (Å²) in [5.74, 6) is 1.40. The van der Waals surface area contributed by atoms with Crippen molar-refractivity contribution < 1.29 is 14.2 Å². The molecular formula is C18H39IN4O3. The second-order valence-corrected chi connectivity index (χ2v) is 6.71. The number of halogens is 1. The second-order valence-electron chi connectivity index (χ2n) is 6.71. The van der Waals surface area contributed by atoms with E-state index in [-0.39, 0.29) is 30.1 Å². The minimum atomic E-state index is 0. The van der Waals surface area contributed by atoms with Gasteiger partial charge in [-0.15, -0.1) is 24.0 Å². The van der Waals surface area contributed by atoms with E-state index >= 15 is 0 Å². The lowest BCUT2D eigenvalue weighted by atomic mass is 10.1. The molecule has 0 aliphatic carbocycles. The number of hydrogen-bond acceptors (Lipinski definition) is 5. The molecule has 0 aromatic rings. The molecule has 1 heterocycles. The van der Waals surface area contributed by atoms with Gasteiger partial charge in [-0.05, 0) is 40.3 Å². The summed E-state index contributed by atoms with van der Waals surface area (Å²) in [6.07, 6.45) is 3.29. The number of ether oxygens (including phenoxy) is 3. The van der Waals surface area contributed by atoms with E-state index in [0.717, 1.165) is 77.9 Å². The van der Waals surface area contributed by atoms with E-state index < -0.39 is 0 Å². The van der Waals surface area contributed by atoms with Gasteiger partial charge in [0.05, 0.1) is 19.3 Å². The maximum atomic E-state index is 5.79. The molecule has 7 nitrogen and oxygen atoms in total. The van der Waals surface area contributed by atoms with Crippen molar-refractivity contribution in [3.63, 3.8) is 0 Å². The van der Waals surface area contributed by atoms with Crippen molar-refractivity contribution in [2.75, 3.05) is 73.8 Å². The number of guanidine groups is 1. The van der Waals surface area contributed by atoms with Gasteiger partial charge in [-0.2, -0.15) is 0 Å². The molecule has 1 rings (SSSR count). The maximum absolute atomic E-state index is 5.79. The van der Waals surface area contributed by atoms with E-state index in [2.05, 4.69) is 34.6 Å². The molecule has 1 aliphatic rings. The van der Waals surface area contributed by atoms with Crippen molar-refractivity contribution >= 4 is 29.9 Å². The summed E-state index contributed by atoms with van der Waals surface area (Å²) in [6.45, 7) is 8.71. The molecule has 0 bridgehead atoms. The van der Waals surface area contributed by atoms with Crippen LogP contribution in [0.2, 0.25) is 0 Å². The zero-order valence-electron chi connectivity index (χ0n) is 17.0. The monoisotopic (exact) mass is 486 g/mol. The van der Waals surface area contributed by atoms with Gasteiger partial charge in [-0.3, -0.25) is 4.99 Å². The molecule has 0 spiro atoms. The van der Waals surface area contributed by atoms with Crippen LogP contribution in [0, 0.1) is 5.92 Å². The molecule has 2 N–H and O–H groups in total. The summed E-state index contributed by atoms with van der Waals surface area (Å²) < 4.78 is 16.8. The topological polar surface area (TPSA) is 67.4 Å². The van der Waals surface area contributed by atoms with Gasteiger partial charge in [0, 0.05) is 52.4 Å². The van der Waals surface area contributed by atoms with Crippen molar-refractivity contribution in [1.82, 2.24) is 15.5 Å². The van der Waals surface area contributed by atoms with Gasteiger partial charge >= 0.3 is 0 Å². The van der Waals surface area contributed by atoms with Crippen LogP contribution in [0.3, 0.4) is 0 Å². The van der Waals surface area contributed by atoms with Gasteiger partial charge in [0.25, 0.3) is 0 Å². The van der Waals surface area contributed by atoms with Gasteiger partial charge in [-0.1, -0.05) is 0 Å². The van der Waals surface area contributed by atoms with E-state index in [1.54, 1.807) is 7.05 Å². The summed E-state index contributed by atoms with van der Waals surface area (Å²) >= 11 is 0. The Morgan fingerprint density at radius 3 is 2.77 bits per heavy atom. The molecule has 1 aliphatic heterocycles. The summed E-state index contributed by atoms with van der Waals surface area (Å²) in [5.41, 5.74) is 0. The summed E-state index contributed by atoms with van der Waals surface area (Å²) in [7, 11) is 5.96. The molecule has 0 aromatic heterocycles. The first kappa shape index (κ1) is 25.8. The number of nitrogens with one attached hydrogen (secondary N) is 2. The Hall–Kier alpha value is -0.160. The van der Waals surface area contributed by atoms with E-state index in [1.165, 1.54) is 0 Å². The number of aliphatic imine (C=N–C) groups is 1. The van der Waals surface area contributed by atoms with Crippen LogP contribution in [0.15, 0.2) is 4.99 Å². The maximum Gasteiger partial charge on any atom is 0.191 e. The fourth-order valence-electron chi connectivity index (χ4n) is 2.66. The van der Waals surface area contributed by atoms with Crippen LogP contribution < -0.4 is 10.6 Å². The molecule has 0 amide bonds. The lowest BCUT2D eigenvalue weighted by Gasteiger charge is -2.21. The highest BCUT2D eigenvalue weighted by Gasteiger charge is 2.15. The van der Waals surface area contributed by atoms with Crippen LogP contribution in [0.25, 0.3) is 0 Å². The standard InChI is InChI=1S/C18H38N4O3.HI/c1-5-25-17(7-10-22(3)4)13-21-18(19-2)20-9-6-11-23-14-16-8-12-24-15-16;/h16-17H,5-15H2,1-4H3,(H2,19,20,21);1H. The van der Waals surface area contributed by atoms with Crippen molar-refractivity contribution in [2.45, 2.75) is 32.3 Å². The number of nitrogens with zero attached hydrogens (tertiary/aromatic N) is 2. The molecular weight excluding hydrogens is 447 g/mol. The van der Waals surface area contributed by atoms with Crippen molar-refractivity contribution in [2.24, 2.45) is 10.9 Å². The molecule has 156 valence electrons. The molecule has 1 saturated heterocycles. The Morgan fingerprint density at radius 2 is 2.15 bits per heavy atom. The van der Waals surface area contributed by atoms with Gasteiger partial charge in [0.2, 0.25) is 0 Å². The predicted octanol–water partition coefficient (Wildman–Crippen LogP) is 1.57. The van der Waals surface area contributed by atoms with E-state index in [0.29, 0.717) is 5.92 Å². The quantitative estimate of drug-likeness (QED) is 0.178. The Kier molecular flexibility index (Phi) is 16.9. The average molecular weight is 486 g/mol. The number of rotatable bonds is 13. The van der Waals surface area contributed by atoms with E-state index in [9.17, 15) is 0 Å². The minimum Gasteiger partial charge on any atom is -0.381 e. The second kappa shape index (κ2) is 17.0. The summed E-state index contributed by atoms with van der Waals surface area (Å²) in [4.78, 5) is 6.44. The van der Waals surface area contributed by atoms with Crippen molar-refractivity contribution in [3.05, 3.63) is 0 Å². The molecule has 0 saturated carbocycles. The largest absolute Gasteiger partial charge is 0.381 e. The normalized spacial score (nSPS) is 18.7. The van der Waals surface area contributed by atoms with Crippen LogP contribution >= 0.6 is 24.0 Å². The molecule has 8 heteroatoms. The smallest absolute Gasteiger partial charge is 0.191 e. The molecule has 2 atom stereocenters. The minimum absolute atomic E-state index is 0. The Labute approximate surface area is 176 Å². The molecule has 0 radical (unpaired) electrons.